The zero-order chi connectivity index (χ0) is 12.4. The van der Waals surface area contributed by atoms with Crippen LogP contribution in [-0.4, -0.2) is 34.1 Å². The lowest BCUT2D eigenvalue weighted by molar-refractivity contribution is -0.142. The van der Waals surface area contributed by atoms with Gasteiger partial charge in [0.05, 0.1) is 11.6 Å². The van der Waals surface area contributed by atoms with E-state index in [2.05, 4.69) is 9.97 Å². The fraction of sp³-hybridized carbons (Fsp3) is 0.545. The van der Waals surface area contributed by atoms with Crippen LogP contribution in [0.25, 0.3) is 0 Å². The molecule has 0 bridgehead atoms. The van der Waals surface area contributed by atoms with Gasteiger partial charge in [-0.15, -0.1) is 0 Å². The molecule has 0 atom stereocenters. The number of aliphatic carboxylic acids is 1. The zero-order valence-corrected chi connectivity index (χ0v) is 9.56. The molecule has 1 aromatic rings. The van der Waals surface area contributed by atoms with Gasteiger partial charge >= 0.3 is 5.97 Å². The van der Waals surface area contributed by atoms with E-state index in [4.69, 9.17) is 5.11 Å². The third kappa shape index (κ3) is 2.20. The quantitative estimate of drug-likeness (QED) is 0.851. The molecule has 0 saturated carbocycles. The van der Waals surface area contributed by atoms with Crippen molar-refractivity contribution in [3.63, 3.8) is 0 Å². The largest absolute Gasteiger partial charge is 0.481 e. The minimum absolute atomic E-state index is 0.223. The highest BCUT2D eigenvalue weighted by Gasteiger charge is 2.35. The zero-order valence-electron chi connectivity index (χ0n) is 9.56. The van der Waals surface area contributed by atoms with E-state index < -0.39 is 17.7 Å². The molecule has 0 unspecified atom stereocenters. The molecule has 1 aliphatic heterocycles. The molecule has 5 nitrogen and oxygen atoms in total. The van der Waals surface area contributed by atoms with E-state index in [9.17, 15) is 9.18 Å². The topological polar surface area (TPSA) is 66.3 Å². The number of hydrogen-bond acceptors (Lipinski definition) is 4. The summed E-state index contributed by atoms with van der Waals surface area (Å²) in [5.41, 5.74) is 0.399. The van der Waals surface area contributed by atoms with Crippen molar-refractivity contribution in [3.05, 3.63) is 17.8 Å². The number of aromatic nitrogens is 2. The number of carboxylic acid groups (broad SMARTS) is 1. The first kappa shape index (κ1) is 11.8. The highest BCUT2D eigenvalue weighted by atomic mass is 19.1. The van der Waals surface area contributed by atoms with Crippen molar-refractivity contribution in [2.75, 3.05) is 18.0 Å². The van der Waals surface area contributed by atoms with Crippen molar-refractivity contribution in [1.29, 1.82) is 0 Å². The van der Waals surface area contributed by atoms with Gasteiger partial charge in [0.1, 0.15) is 6.33 Å². The Morgan fingerprint density at radius 2 is 2.29 bits per heavy atom. The van der Waals surface area contributed by atoms with Gasteiger partial charge < -0.3 is 10.0 Å². The second-order valence-corrected chi connectivity index (χ2v) is 4.15. The standard InChI is InChI=1S/C11H14FN3O2/c1-2-3-8-9(12)10(14-6-13-8)15-4-7(5-15)11(16)17/h6-7H,2-5H2,1H3,(H,16,17). The number of anilines is 1. The lowest BCUT2D eigenvalue weighted by Crippen LogP contribution is -2.51. The lowest BCUT2D eigenvalue weighted by atomic mass is 10.0. The summed E-state index contributed by atoms with van der Waals surface area (Å²) in [4.78, 5) is 20.1. The average molecular weight is 239 g/mol. The normalized spacial score (nSPS) is 15.8. The first-order chi connectivity index (χ1) is 8.13. The van der Waals surface area contributed by atoms with Gasteiger partial charge in [-0.3, -0.25) is 4.79 Å². The summed E-state index contributed by atoms with van der Waals surface area (Å²) in [6.45, 7) is 2.58. The molecule has 0 amide bonds. The molecule has 1 aromatic heterocycles. The van der Waals surface area contributed by atoms with Crippen molar-refractivity contribution in [2.45, 2.75) is 19.8 Å². The number of nitrogens with zero attached hydrogens (tertiary/aromatic N) is 3. The monoisotopic (exact) mass is 239 g/mol. The molecular formula is C11H14FN3O2. The maximum Gasteiger partial charge on any atom is 0.310 e. The van der Waals surface area contributed by atoms with Crippen molar-refractivity contribution >= 4 is 11.8 Å². The molecule has 0 aliphatic carbocycles. The third-order valence-corrected chi connectivity index (χ3v) is 2.86. The van der Waals surface area contributed by atoms with E-state index in [0.717, 1.165) is 6.42 Å². The Morgan fingerprint density at radius 1 is 1.59 bits per heavy atom. The van der Waals surface area contributed by atoms with Crippen LogP contribution in [0.2, 0.25) is 0 Å². The molecule has 1 saturated heterocycles. The molecule has 1 fully saturated rings. The lowest BCUT2D eigenvalue weighted by Gasteiger charge is -2.37. The molecule has 0 spiro atoms. The molecule has 2 heterocycles. The van der Waals surface area contributed by atoms with Gasteiger partial charge in [0, 0.05) is 13.1 Å². The van der Waals surface area contributed by atoms with E-state index in [-0.39, 0.29) is 5.82 Å². The Bertz CT molecular complexity index is 433. The smallest absolute Gasteiger partial charge is 0.310 e. The molecular weight excluding hydrogens is 225 g/mol. The predicted molar refractivity (Wildman–Crippen MR) is 59.3 cm³/mol. The van der Waals surface area contributed by atoms with Crippen LogP contribution >= 0.6 is 0 Å². The van der Waals surface area contributed by atoms with E-state index in [1.165, 1.54) is 6.33 Å². The van der Waals surface area contributed by atoms with Gasteiger partial charge in [0.15, 0.2) is 11.6 Å². The number of carbonyl (C=O) groups is 1. The van der Waals surface area contributed by atoms with Crippen LogP contribution in [0.5, 0.6) is 0 Å². The SMILES string of the molecule is CCCc1ncnc(N2CC(C(=O)O)C2)c1F. The maximum absolute atomic E-state index is 13.9. The highest BCUT2D eigenvalue weighted by molar-refractivity contribution is 5.74. The second kappa shape index (κ2) is 4.65. The summed E-state index contributed by atoms with van der Waals surface area (Å²) in [6, 6.07) is 0. The minimum Gasteiger partial charge on any atom is -0.481 e. The number of hydrogen-bond donors (Lipinski definition) is 1. The minimum atomic E-state index is -0.843. The Labute approximate surface area is 98.3 Å². The van der Waals surface area contributed by atoms with Crippen LogP contribution in [-0.2, 0) is 11.2 Å². The first-order valence-corrected chi connectivity index (χ1v) is 5.60. The summed E-state index contributed by atoms with van der Waals surface area (Å²) in [6.07, 6.45) is 2.71. The van der Waals surface area contributed by atoms with Crippen molar-refractivity contribution < 1.29 is 14.3 Å². The van der Waals surface area contributed by atoms with Gasteiger partial charge in [0.2, 0.25) is 0 Å². The fourth-order valence-electron chi connectivity index (χ4n) is 1.83. The molecule has 6 heteroatoms. The summed E-state index contributed by atoms with van der Waals surface area (Å²) in [5, 5.41) is 8.75. The summed E-state index contributed by atoms with van der Waals surface area (Å²) in [5.74, 6) is -1.46. The number of rotatable bonds is 4. The number of halogens is 1. The Morgan fingerprint density at radius 3 is 2.88 bits per heavy atom. The summed E-state index contributed by atoms with van der Waals surface area (Å²) < 4.78 is 13.9. The second-order valence-electron chi connectivity index (χ2n) is 4.15. The number of carboxylic acids is 1. The van der Waals surface area contributed by atoms with Crippen LogP contribution < -0.4 is 4.90 Å². The van der Waals surface area contributed by atoms with Gasteiger partial charge in [-0.25, -0.2) is 14.4 Å². The Balaban J connectivity index is 2.12. The Kier molecular flexibility index (Phi) is 3.21. The van der Waals surface area contributed by atoms with Crippen molar-refractivity contribution in [1.82, 2.24) is 9.97 Å². The van der Waals surface area contributed by atoms with Crippen LogP contribution in [0.15, 0.2) is 6.33 Å². The molecule has 0 aromatic carbocycles. The van der Waals surface area contributed by atoms with E-state index in [1.807, 2.05) is 6.92 Å². The van der Waals surface area contributed by atoms with Gasteiger partial charge in [-0.05, 0) is 6.42 Å². The Hall–Kier alpha value is -1.72. The maximum atomic E-state index is 13.9. The van der Waals surface area contributed by atoms with Crippen LogP contribution in [0.4, 0.5) is 10.2 Å². The summed E-state index contributed by atoms with van der Waals surface area (Å²) in [7, 11) is 0. The van der Waals surface area contributed by atoms with Crippen molar-refractivity contribution in [2.24, 2.45) is 5.92 Å². The molecule has 0 radical (unpaired) electrons. The van der Waals surface area contributed by atoms with E-state index in [1.54, 1.807) is 4.90 Å². The van der Waals surface area contributed by atoms with E-state index >= 15 is 0 Å². The van der Waals surface area contributed by atoms with E-state index in [0.29, 0.717) is 25.2 Å². The average Bonchev–Trinajstić information content (AvgIpc) is 2.21. The summed E-state index contributed by atoms with van der Waals surface area (Å²) >= 11 is 0. The van der Waals surface area contributed by atoms with Crippen LogP contribution in [0.1, 0.15) is 19.0 Å². The molecule has 92 valence electrons. The molecule has 17 heavy (non-hydrogen) atoms. The van der Waals surface area contributed by atoms with Gasteiger partial charge in [-0.2, -0.15) is 0 Å². The van der Waals surface area contributed by atoms with Crippen molar-refractivity contribution in [3.8, 4) is 0 Å². The molecule has 1 aliphatic rings. The molecule has 2 rings (SSSR count). The first-order valence-electron chi connectivity index (χ1n) is 5.60. The van der Waals surface area contributed by atoms with Crippen LogP contribution in [0.3, 0.4) is 0 Å². The van der Waals surface area contributed by atoms with Crippen LogP contribution in [0, 0.1) is 11.7 Å². The third-order valence-electron chi connectivity index (χ3n) is 2.86. The molecule has 1 N–H and O–H groups in total. The highest BCUT2D eigenvalue weighted by Crippen LogP contribution is 2.26. The number of aryl methyl sites for hydroxylation is 1. The predicted octanol–water partition coefficient (Wildman–Crippen LogP) is 1.09. The van der Waals surface area contributed by atoms with Gasteiger partial charge in [-0.1, -0.05) is 13.3 Å². The fourth-order valence-corrected chi connectivity index (χ4v) is 1.83. The van der Waals surface area contributed by atoms with Gasteiger partial charge in [0.25, 0.3) is 0 Å².